The van der Waals surface area contributed by atoms with E-state index in [-0.39, 0.29) is 28.3 Å². The number of aromatic nitrogens is 1. The molecule has 1 aromatic heterocycles. The molecule has 0 radical (unpaired) electrons. The van der Waals surface area contributed by atoms with Gasteiger partial charge in [0.2, 0.25) is 5.91 Å². The Morgan fingerprint density at radius 2 is 1.87 bits per heavy atom. The standard InChI is InChI=1S/C17H18N2O3S/c1-12(2)19(13-7-4-3-5-8-13)15(20)11-23-16-14(17(21)22)9-6-10-18-16/h3-10,12H,11H2,1-2H3,(H,21,22)/p-1. The summed E-state index contributed by atoms with van der Waals surface area (Å²) >= 11 is 1.10. The molecule has 0 unspecified atom stereocenters. The van der Waals surface area contributed by atoms with Crippen LogP contribution in [0.25, 0.3) is 0 Å². The molecule has 23 heavy (non-hydrogen) atoms. The van der Waals surface area contributed by atoms with Gasteiger partial charge in [0.25, 0.3) is 0 Å². The first-order valence-corrected chi connectivity index (χ1v) is 8.15. The van der Waals surface area contributed by atoms with Crippen LogP contribution in [0.3, 0.4) is 0 Å². The van der Waals surface area contributed by atoms with E-state index in [0.29, 0.717) is 0 Å². The average molecular weight is 329 g/mol. The molecule has 0 N–H and O–H groups in total. The van der Waals surface area contributed by atoms with Crippen molar-refractivity contribution in [2.75, 3.05) is 10.7 Å². The summed E-state index contributed by atoms with van der Waals surface area (Å²) in [5, 5.41) is 11.4. The lowest BCUT2D eigenvalue weighted by atomic mass is 10.2. The molecule has 0 aliphatic carbocycles. The van der Waals surface area contributed by atoms with Gasteiger partial charge in [0.1, 0.15) is 5.03 Å². The van der Waals surface area contributed by atoms with E-state index < -0.39 is 5.97 Å². The quantitative estimate of drug-likeness (QED) is 0.758. The molecule has 5 nitrogen and oxygen atoms in total. The van der Waals surface area contributed by atoms with Gasteiger partial charge in [-0.15, -0.1) is 0 Å². The maximum atomic E-state index is 12.6. The second kappa shape index (κ2) is 7.78. The smallest absolute Gasteiger partial charge is 0.237 e. The topological polar surface area (TPSA) is 73.3 Å². The summed E-state index contributed by atoms with van der Waals surface area (Å²) < 4.78 is 0. The van der Waals surface area contributed by atoms with Crippen LogP contribution in [0.15, 0.2) is 53.7 Å². The second-order valence-electron chi connectivity index (χ2n) is 5.13. The van der Waals surface area contributed by atoms with Gasteiger partial charge in [0, 0.05) is 23.5 Å². The summed E-state index contributed by atoms with van der Waals surface area (Å²) in [4.78, 5) is 29.3. The normalized spacial score (nSPS) is 10.6. The molecule has 0 fully saturated rings. The Balaban J connectivity index is 2.13. The number of carbonyl (C=O) groups is 2. The van der Waals surface area contributed by atoms with Crippen LogP contribution < -0.4 is 10.0 Å². The number of hydrogen-bond donors (Lipinski definition) is 0. The Labute approximate surface area is 139 Å². The van der Waals surface area contributed by atoms with E-state index in [9.17, 15) is 14.7 Å². The van der Waals surface area contributed by atoms with Gasteiger partial charge in [-0.25, -0.2) is 4.98 Å². The van der Waals surface area contributed by atoms with Crippen molar-refractivity contribution in [3.63, 3.8) is 0 Å². The molecule has 0 saturated carbocycles. The lowest BCUT2D eigenvalue weighted by Crippen LogP contribution is -2.38. The largest absolute Gasteiger partial charge is 0.545 e. The monoisotopic (exact) mass is 329 g/mol. The van der Waals surface area contributed by atoms with E-state index in [0.717, 1.165) is 17.4 Å². The molecule has 0 spiro atoms. The fourth-order valence-corrected chi connectivity index (χ4v) is 3.02. The molecule has 2 aromatic rings. The van der Waals surface area contributed by atoms with Crippen LogP contribution in [-0.2, 0) is 4.79 Å². The number of aromatic carboxylic acids is 1. The van der Waals surface area contributed by atoms with Gasteiger partial charge in [-0.3, -0.25) is 4.79 Å². The average Bonchev–Trinajstić information content (AvgIpc) is 2.54. The van der Waals surface area contributed by atoms with Crippen LogP contribution in [0, 0.1) is 0 Å². The van der Waals surface area contributed by atoms with Gasteiger partial charge in [-0.2, -0.15) is 0 Å². The third-order valence-corrected chi connectivity index (χ3v) is 4.13. The number of para-hydroxylation sites is 1. The Hall–Kier alpha value is -2.34. The minimum absolute atomic E-state index is 0.00103. The summed E-state index contributed by atoms with van der Waals surface area (Å²) in [5.41, 5.74) is 0.815. The van der Waals surface area contributed by atoms with E-state index in [1.165, 1.54) is 18.3 Å². The highest BCUT2D eigenvalue weighted by Crippen LogP contribution is 2.23. The maximum absolute atomic E-state index is 12.6. The third kappa shape index (κ3) is 4.32. The Bertz CT molecular complexity index is 689. The van der Waals surface area contributed by atoms with Crippen molar-refractivity contribution in [2.45, 2.75) is 24.9 Å². The number of carboxylic acids is 1. The number of benzene rings is 1. The van der Waals surface area contributed by atoms with Gasteiger partial charge in [0.15, 0.2) is 0 Å². The van der Waals surface area contributed by atoms with Crippen molar-refractivity contribution in [2.24, 2.45) is 0 Å². The number of pyridine rings is 1. The molecular formula is C17H17N2O3S-. The molecule has 2 rings (SSSR count). The number of rotatable bonds is 6. The number of anilines is 1. The van der Waals surface area contributed by atoms with Crippen LogP contribution in [0.1, 0.15) is 24.2 Å². The van der Waals surface area contributed by atoms with Crippen LogP contribution in [0.2, 0.25) is 0 Å². The van der Waals surface area contributed by atoms with Crippen molar-refractivity contribution in [1.82, 2.24) is 4.98 Å². The summed E-state index contributed by atoms with van der Waals surface area (Å²) in [5.74, 6) is -1.30. The number of nitrogens with zero attached hydrogens (tertiary/aromatic N) is 2. The summed E-state index contributed by atoms with van der Waals surface area (Å²) in [6.45, 7) is 3.87. The Morgan fingerprint density at radius 1 is 1.17 bits per heavy atom. The summed E-state index contributed by atoms with van der Waals surface area (Å²) in [6.07, 6.45) is 1.50. The fraction of sp³-hybridized carbons (Fsp3) is 0.235. The van der Waals surface area contributed by atoms with E-state index in [1.807, 2.05) is 44.2 Å². The first kappa shape index (κ1) is 17.0. The van der Waals surface area contributed by atoms with Crippen LogP contribution in [0.4, 0.5) is 5.69 Å². The van der Waals surface area contributed by atoms with E-state index in [1.54, 1.807) is 4.90 Å². The van der Waals surface area contributed by atoms with Crippen LogP contribution >= 0.6 is 11.8 Å². The molecule has 1 aromatic carbocycles. The zero-order valence-corrected chi connectivity index (χ0v) is 13.7. The second-order valence-corrected chi connectivity index (χ2v) is 6.09. The van der Waals surface area contributed by atoms with Gasteiger partial charge in [0.05, 0.1) is 11.7 Å². The minimum atomic E-state index is -1.29. The minimum Gasteiger partial charge on any atom is -0.545 e. The highest BCUT2D eigenvalue weighted by atomic mass is 32.2. The molecule has 120 valence electrons. The van der Waals surface area contributed by atoms with Gasteiger partial charge >= 0.3 is 0 Å². The van der Waals surface area contributed by atoms with Crippen LogP contribution in [0.5, 0.6) is 0 Å². The molecule has 1 heterocycles. The first-order valence-electron chi connectivity index (χ1n) is 7.17. The van der Waals surface area contributed by atoms with E-state index >= 15 is 0 Å². The lowest BCUT2D eigenvalue weighted by Gasteiger charge is -2.26. The predicted molar refractivity (Wildman–Crippen MR) is 88.4 cm³/mol. The number of carbonyl (C=O) groups excluding carboxylic acids is 2. The van der Waals surface area contributed by atoms with Crippen LogP contribution in [-0.4, -0.2) is 28.7 Å². The molecular weight excluding hydrogens is 312 g/mol. The van der Waals surface area contributed by atoms with Crippen molar-refractivity contribution in [3.05, 3.63) is 54.2 Å². The van der Waals surface area contributed by atoms with E-state index in [2.05, 4.69) is 4.98 Å². The molecule has 6 heteroatoms. The molecule has 0 aliphatic rings. The Morgan fingerprint density at radius 3 is 2.48 bits per heavy atom. The number of carboxylic acid groups (broad SMARTS) is 1. The van der Waals surface area contributed by atoms with Crippen molar-refractivity contribution in [1.29, 1.82) is 0 Å². The molecule has 0 atom stereocenters. The Kier molecular flexibility index (Phi) is 5.76. The highest BCUT2D eigenvalue weighted by Gasteiger charge is 2.19. The highest BCUT2D eigenvalue weighted by molar-refractivity contribution is 8.00. The summed E-state index contributed by atoms with van der Waals surface area (Å²) in [7, 11) is 0. The van der Waals surface area contributed by atoms with Gasteiger partial charge < -0.3 is 14.8 Å². The number of amides is 1. The first-order chi connectivity index (χ1) is 11.0. The maximum Gasteiger partial charge on any atom is 0.237 e. The number of hydrogen-bond acceptors (Lipinski definition) is 5. The molecule has 0 aliphatic heterocycles. The SMILES string of the molecule is CC(C)N(C(=O)CSc1ncccc1C(=O)[O-])c1ccccc1. The van der Waals surface area contributed by atoms with Gasteiger partial charge in [-0.05, 0) is 38.1 Å². The van der Waals surface area contributed by atoms with Crippen molar-refractivity contribution >= 4 is 29.3 Å². The van der Waals surface area contributed by atoms with Crippen molar-refractivity contribution in [3.8, 4) is 0 Å². The van der Waals surface area contributed by atoms with E-state index in [4.69, 9.17) is 0 Å². The number of thioether (sulfide) groups is 1. The third-order valence-electron chi connectivity index (χ3n) is 3.14. The molecule has 0 bridgehead atoms. The van der Waals surface area contributed by atoms with Gasteiger partial charge in [-0.1, -0.05) is 30.0 Å². The molecule has 1 amide bonds. The predicted octanol–water partition coefficient (Wildman–Crippen LogP) is 1.98. The summed E-state index contributed by atoms with van der Waals surface area (Å²) in [6, 6.07) is 12.3. The zero-order chi connectivity index (χ0) is 16.8. The zero-order valence-electron chi connectivity index (χ0n) is 12.9. The fourth-order valence-electron chi connectivity index (χ4n) is 2.18. The van der Waals surface area contributed by atoms with Crippen molar-refractivity contribution < 1.29 is 14.7 Å². The molecule has 0 saturated heterocycles. The lowest BCUT2D eigenvalue weighted by molar-refractivity contribution is -0.255.